The Kier molecular flexibility index (Phi) is 2.25. The van der Waals surface area contributed by atoms with Crippen LogP contribution in [0.4, 0.5) is 0 Å². The number of carbonyl (C=O) groups excluding carboxylic acids is 1. The van der Waals surface area contributed by atoms with Gasteiger partial charge in [-0.15, -0.1) is 11.3 Å². The van der Waals surface area contributed by atoms with Crippen LogP contribution >= 0.6 is 11.3 Å². The molecule has 0 saturated carbocycles. The Labute approximate surface area is 86.1 Å². The van der Waals surface area contributed by atoms with E-state index in [0.717, 1.165) is 15.0 Å². The minimum absolute atomic E-state index is 0.302. The average Bonchev–Trinajstić information content (AvgIpc) is 2.55. The zero-order valence-electron chi connectivity index (χ0n) is 7.74. The van der Waals surface area contributed by atoms with Crippen LogP contribution in [0, 0.1) is 6.92 Å². The van der Waals surface area contributed by atoms with E-state index >= 15 is 0 Å². The molecule has 3 heteroatoms. The van der Waals surface area contributed by atoms with Crippen LogP contribution in [0.3, 0.4) is 0 Å². The van der Waals surface area contributed by atoms with Crippen molar-refractivity contribution < 1.29 is 9.53 Å². The van der Waals surface area contributed by atoms with Crippen LogP contribution in [0.25, 0.3) is 10.1 Å². The standard InChI is InChI=1S/C11H9O2S/c1-7-5-9-6-8(11(12)13-2)3-4-10(9)14-7/h3-6H,1H2,2H3. The van der Waals surface area contributed by atoms with Crippen LogP contribution in [0.5, 0.6) is 0 Å². The molecule has 0 N–H and O–H groups in total. The van der Waals surface area contributed by atoms with Gasteiger partial charge in [-0.05, 0) is 36.6 Å². The Hall–Kier alpha value is -1.35. The number of ether oxygens (including phenoxy) is 1. The van der Waals surface area contributed by atoms with Gasteiger partial charge in [0.05, 0.1) is 12.7 Å². The molecule has 2 aromatic rings. The predicted molar refractivity (Wildman–Crippen MR) is 57.6 cm³/mol. The van der Waals surface area contributed by atoms with Crippen LogP contribution in [-0.2, 0) is 4.74 Å². The van der Waals surface area contributed by atoms with Crippen molar-refractivity contribution in [2.24, 2.45) is 0 Å². The maximum atomic E-state index is 11.2. The van der Waals surface area contributed by atoms with E-state index < -0.39 is 0 Å². The summed E-state index contributed by atoms with van der Waals surface area (Å²) in [7, 11) is 1.38. The summed E-state index contributed by atoms with van der Waals surface area (Å²) in [5.74, 6) is -0.302. The van der Waals surface area contributed by atoms with Crippen LogP contribution in [0.15, 0.2) is 24.3 Å². The van der Waals surface area contributed by atoms with Gasteiger partial charge in [0.25, 0.3) is 0 Å². The summed E-state index contributed by atoms with van der Waals surface area (Å²) >= 11 is 1.62. The molecule has 0 fully saturated rings. The fourth-order valence-electron chi connectivity index (χ4n) is 1.34. The van der Waals surface area contributed by atoms with Gasteiger partial charge in [0, 0.05) is 9.58 Å². The number of carbonyl (C=O) groups is 1. The minimum atomic E-state index is -0.302. The lowest BCUT2D eigenvalue weighted by Crippen LogP contribution is -1.99. The van der Waals surface area contributed by atoms with E-state index in [1.165, 1.54) is 7.11 Å². The molecular formula is C11H9O2S. The summed E-state index contributed by atoms with van der Waals surface area (Å²) < 4.78 is 5.78. The number of methoxy groups -OCH3 is 1. The van der Waals surface area contributed by atoms with Crippen LogP contribution in [-0.4, -0.2) is 13.1 Å². The molecule has 2 nitrogen and oxygen atoms in total. The molecular weight excluding hydrogens is 196 g/mol. The van der Waals surface area contributed by atoms with Gasteiger partial charge in [0.1, 0.15) is 0 Å². The first-order valence-corrected chi connectivity index (χ1v) is 4.96. The number of esters is 1. The molecule has 1 radical (unpaired) electrons. The minimum Gasteiger partial charge on any atom is -0.465 e. The molecule has 1 aromatic heterocycles. The molecule has 0 atom stereocenters. The van der Waals surface area contributed by atoms with Crippen LogP contribution in [0.2, 0.25) is 0 Å². The highest BCUT2D eigenvalue weighted by molar-refractivity contribution is 7.19. The average molecular weight is 205 g/mol. The molecule has 0 aliphatic carbocycles. The fraction of sp³-hybridized carbons (Fsp3) is 0.0909. The first-order chi connectivity index (χ1) is 6.70. The quantitative estimate of drug-likeness (QED) is 0.669. The van der Waals surface area contributed by atoms with E-state index in [0.29, 0.717) is 5.56 Å². The van der Waals surface area contributed by atoms with E-state index in [4.69, 9.17) is 0 Å². The molecule has 0 unspecified atom stereocenters. The lowest BCUT2D eigenvalue weighted by atomic mass is 10.1. The van der Waals surface area contributed by atoms with Gasteiger partial charge in [0.2, 0.25) is 0 Å². The van der Waals surface area contributed by atoms with Gasteiger partial charge >= 0.3 is 5.97 Å². The topological polar surface area (TPSA) is 26.3 Å². The van der Waals surface area contributed by atoms with E-state index in [9.17, 15) is 4.79 Å². The summed E-state index contributed by atoms with van der Waals surface area (Å²) in [6, 6.07) is 7.48. The lowest BCUT2D eigenvalue weighted by molar-refractivity contribution is 0.0601. The summed E-state index contributed by atoms with van der Waals surface area (Å²) in [6.45, 7) is 3.85. The largest absolute Gasteiger partial charge is 0.465 e. The molecule has 0 saturated heterocycles. The molecule has 0 aliphatic heterocycles. The number of thiophene rings is 1. The normalized spacial score (nSPS) is 10.4. The number of hydrogen-bond donors (Lipinski definition) is 0. The number of rotatable bonds is 1. The maximum Gasteiger partial charge on any atom is 0.337 e. The highest BCUT2D eigenvalue weighted by atomic mass is 32.1. The smallest absolute Gasteiger partial charge is 0.337 e. The van der Waals surface area contributed by atoms with Gasteiger partial charge in [-0.1, -0.05) is 0 Å². The van der Waals surface area contributed by atoms with Gasteiger partial charge in [-0.3, -0.25) is 0 Å². The molecule has 0 spiro atoms. The van der Waals surface area contributed by atoms with E-state index in [1.54, 1.807) is 17.4 Å². The molecule has 14 heavy (non-hydrogen) atoms. The molecule has 0 aliphatic rings. The molecule has 0 bridgehead atoms. The monoisotopic (exact) mass is 205 g/mol. The fourth-order valence-corrected chi connectivity index (χ4v) is 2.18. The number of fused-ring (bicyclic) bond motifs is 1. The summed E-state index contributed by atoms with van der Waals surface area (Å²) in [4.78, 5) is 12.2. The van der Waals surface area contributed by atoms with Crippen LogP contribution in [0.1, 0.15) is 15.2 Å². The van der Waals surface area contributed by atoms with Gasteiger partial charge < -0.3 is 4.74 Å². The predicted octanol–water partition coefficient (Wildman–Crippen LogP) is 2.87. The SMILES string of the molecule is [CH2]c1cc2cc(C(=O)OC)ccc2s1. The van der Waals surface area contributed by atoms with Gasteiger partial charge in [-0.25, -0.2) is 4.79 Å². The Morgan fingerprint density at radius 1 is 1.43 bits per heavy atom. The number of hydrogen-bond acceptors (Lipinski definition) is 3. The Morgan fingerprint density at radius 3 is 2.93 bits per heavy atom. The van der Waals surface area contributed by atoms with Crippen molar-refractivity contribution >= 4 is 27.4 Å². The maximum absolute atomic E-state index is 11.2. The van der Waals surface area contributed by atoms with Crippen molar-refractivity contribution in [1.29, 1.82) is 0 Å². The van der Waals surface area contributed by atoms with E-state index in [1.807, 2.05) is 18.2 Å². The zero-order chi connectivity index (χ0) is 10.1. The Bertz CT molecular complexity index is 485. The molecule has 1 heterocycles. The Morgan fingerprint density at radius 2 is 2.21 bits per heavy atom. The second-order valence-electron chi connectivity index (χ2n) is 2.96. The first-order valence-electron chi connectivity index (χ1n) is 4.14. The van der Waals surface area contributed by atoms with Crippen molar-refractivity contribution in [3.05, 3.63) is 41.6 Å². The molecule has 71 valence electrons. The van der Waals surface area contributed by atoms with Crippen molar-refractivity contribution in [3.63, 3.8) is 0 Å². The van der Waals surface area contributed by atoms with Crippen molar-refractivity contribution in [2.75, 3.05) is 7.11 Å². The third kappa shape index (κ3) is 1.51. The van der Waals surface area contributed by atoms with Crippen molar-refractivity contribution in [1.82, 2.24) is 0 Å². The van der Waals surface area contributed by atoms with E-state index in [-0.39, 0.29) is 5.97 Å². The summed E-state index contributed by atoms with van der Waals surface area (Å²) in [5, 5.41) is 1.04. The second kappa shape index (κ2) is 3.42. The lowest BCUT2D eigenvalue weighted by Gasteiger charge is -1.97. The second-order valence-corrected chi connectivity index (χ2v) is 4.13. The molecule has 2 rings (SSSR count). The van der Waals surface area contributed by atoms with Gasteiger partial charge in [0.15, 0.2) is 0 Å². The van der Waals surface area contributed by atoms with Crippen LogP contribution < -0.4 is 0 Å². The molecule has 0 amide bonds. The zero-order valence-corrected chi connectivity index (χ0v) is 8.56. The first kappa shape index (κ1) is 9.21. The van der Waals surface area contributed by atoms with Crippen molar-refractivity contribution in [3.8, 4) is 0 Å². The van der Waals surface area contributed by atoms with Gasteiger partial charge in [-0.2, -0.15) is 0 Å². The Balaban J connectivity index is 2.55. The summed E-state index contributed by atoms with van der Waals surface area (Å²) in [5.41, 5.74) is 0.581. The third-order valence-corrected chi connectivity index (χ3v) is 2.96. The summed E-state index contributed by atoms with van der Waals surface area (Å²) in [6.07, 6.45) is 0. The van der Waals surface area contributed by atoms with Crippen molar-refractivity contribution in [2.45, 2.75) is 0 Å². The number of benzene rings is 1. The third-order valence-electron chi connectivity index (χ3n) is 1.99. The highest BCUT2D eigenvalue weighted by Gasteiger charge is 2.06. The van der Waals surface area contributed by atoms with E-state index in [2.05, 4.69) is 11.7 Å². The highest BCUT2D eigenvalue weighted by Crippen LogP contribution is 2.25. The molecule has 1 aromatic carbocycles.